The molecule has 1 amide bonds. The third kappa shape index (κ3) is 3.61. The van der Waals surface area contributed by atoms with Crippen molar-refractivity contribution in [1.29, 1.82) is 0 Å². The van der Waals surface area contributed by atoms with Crippen LogP contribution in [0.3, 0.4) is 0 Å². The van der Waals surface area contributed by atoms with Gasteiger partial charge in [0.05, 0.1) is 0 Å². The molecule has 2 atom stereocenters. The van der Waals surface area contributed by atoms with Crippen LogP contribution in [-0.4, -0.2) is 28.3 Å². The molecule has 1 N–H and O–H groups in total. The minimum Gasteiger partial charge on any atom is -0.482 e. The molecule has 0 fully saturated rings. The van der Waals surface area contributed by atoms with Crippen molar-refractivity contribution in [3.63, 3.8) is 0 Å². The van der Waals surface area contributed by atoms with Crippen LogP contribution in [0.4, 0.5) is 5.13 Å². The van der Waals surface area contributed by atoms with Crippen LogP contribution in [0.1, 0.15) is 25.8 Å². The lowest BCUT2D eigenvalue weighted by molar-refractivity contribution is -0.128. The summed E-state index contributed by atoms with van der Waals surface area (Å²) in [5, 5.41) is 12.3. The quantitative estimate of drug-likeness (QED) is 0.931. The Labute approximate surface area is 138 Å². The number of rotatable bonds is 4. The maximum atomic E-state index is 12.4. The van der Waals surface area contributed by atoms with Crippen molar-refractivity contribution in [2.75, 3.05) is 5.32 Å². The van der Waals surface area contributed by atoms with Gasteiger partial charge in [0.2, 0.25) is 11.2 Å². The summed E-state index contributed by atoms with van der Waals surface area (Å²) in [4.78, 5) is 12.4. The van der Waals surface area contributed by atoms with Crippen molar-refractivity contribution in [2.45, 2.75) is 39.4 Å². The van der Waals surface area contributed by atoms with Gasteiger partial charge in [-0.1, -0.05) is 37.3 Å². The Morgan fingerprint density at radius 2 is 1.96 bits per heavy atom. The standard InChI is InChI=1S/C16H19N3O3S/c1-9(2)8-13-18-19-16(23-13)17-15(20)14-10(3)21-11-6-4-5-7-12(11)22-14/h4-7,9-10,14H,8H2,1-3H3,(H,17,19,20). The molecule has 0 aliphatic carbocycles. The summed E-state index contributed by atoms with van der Waals surface area (Å²) in [7, 11) is 0. The summed E-state index contributed by atoms with van der Waals surface area (Å²) in [6.45, 7) is 6.04. The van der Waals surface area contributed by atoms with Crippen LogP contribution in [0.2, 0.25) is 0 Å². The number of nitrogens with one attached hydrogen (secondary N) is 1. The first-order valence-electron chi connectivity index (χ1n) is 7.58. The number of ether oxygens (including phenoxy) is 2. The number of hydrogen-bond acceptors (Lipinski definition) is 6. The average molecular weight is 333 g/mol. The van der Waals surface area contributed by atoms with E-state index >= 15 is 0 Å². The summed E-state index contributed by atoms with van der Waals surface area (Å²) in [5.74, 6) is 1.44. The lowest BCUT2D eigenvalue weighted by Crippen LogP contribution is -2.46. The van der Waals surface area contributed by atoms with Crippen LogP contribution in [0.15, 0.2) is 24.3 Å². The molecule has 0 spiro atoms. The maximum absolute atomic E-state index is 12.4. The SMILES string of the molecule is CC(C)Cc1nnc(NC(=O)C2Oc3ccccc3OC2C)s1. The number of fused-ring (bicyclic) bond motifs is 1. The zero-order valence-corrected chi connectivity index (χ0v) is 14.1. The highest BCUT2D eigenvalue weighted by atomic mass is 32.1. The Morgan fingerprint density at radius 1 is 1.26 bits per heavy atom. The van der Waals surface area contributed by atoms with E-state index in [1.54, 1.807) is 6.07 Å². The molecule has 23 heavy (non-hydrogen) atoms. The highest BCUT2D eigenvalue weighted by Crippen LogP contribution is 2.33. The molecule has 7 heteroatoms. The first kappa shape index (κ1) is 15.7. The van der Waals surface area contributed by atoms with Crippen LogP contribution in [0.25, 0.3) is 0 Å². The van der Waals surface area contributed by atoms with Gasteiger partial charge in [-0.05, 0) is 25.0 Å². The number of para-hydroxylation sites is 2. The predicted octanol–water partition coefficient (Wildman–Crippen LogP) is 2.90. The number of hydrogen-bond donors (Lipinski definition) is 1. The van der Waals surface area contributed by atoms with Crippen LogP contribution >= 0.6 is 11.3 Å². The fraction of sp³-hybridized carbons (Fsp3) is 0.438. The van der Waals surface area contributed by atoms with E-state index in [0.717, 1.165) is 11.4 Å². The molecule has 0 saturated heterocycles. The van der Waals surface area contributed by atoms with Crippen molar-refractivity contribution in [3.8, 4) is 11.5 Å². The first-order chi connectivity index (χ1) is 11.0. The molecule has 2 heterocycles. The fourth-order valence-electron chi connectivity index (χ4n) is 2.32. The molecule has 6 nitrogen and oxygen atoms in total. The summed E-state index contributed by atoms with van der Waals surface area (Å²) in [6.07, 6.45) is -0.254. The number of amides is 1. The lowest BCUT2D eigenvalue weighted by atomic mass is 10.1. The molecule has 1 aliphatic rings. The molecular weight excluding hydrogens is 314 g/mol. The lowest BCUT2D eigenvalue weighted by Gasteiger charge is -2.30. The second kappa shape index (κ2) is 6.54. The van der Waals surface area contributed by atoms with Crippen molar-refractivity contribution >= 4 is 22.4 Å². The Hall–Kier alpha value is -2.15. The van der Waals surface area contributed by atoms with Gasteiger partial charge in [0, 0.05) is 6.42 Å². The minimum atomic E-state index is -0.720. The zero-order chi connectivity index (χ0) is 16.4. The summed E-state index contributed by atoms with van der Waals surface area (Å²) in [6, 6.07) is 7.32. The van der Waals surface area contributed by atoms with Gasteiger partial charge in [0.15, 0.2) is 11.5 Å². The van der Waals surface area contributed by atoms with Gasteiger partial charge in [-0.15, -0.1) is 10.2 Å². The highest BCUT2D eigenvalue weighted by molar-refractivity contribution is 7.15. The van der Waals surface area contributed by atoms with Crippen LogP contribution in [-0.2, 0) is 11.2 Å². The van der Waals surface area contributed by atoms with Crippen LogP contribution in [0, 0.1) is 5.92 Å². The topological polar surface area (TPSA) is 73.3 Å². The van der Waals surface area contributed by atoms with Crippen LogP contribution < -0.4 is 14.8 Å². The number of carbonyl (C=O) groups excluding carboxylic acids is 1. The molecule has 1 aromatic carbocycles. The average Bonchev–Trinajstić information content (AvgIpc) is 2.92. The Kier molecular flexibility index (Phi) is 4.47. The third-order valence-corrected chi connectivity index (χ3v) is 4.24. The summed E-state index contributed by atoms with van der Waals surface area (Å²) < 4.78 is 11.5. The largest absolute Gasteiger partial charge is 0.482 e. The van der Waals surface area contributed by atoms with E-state index in [1.165, 1.54) is 11.3 Å². The van der Waals surface area contributed by atoms with E-state index in [2.05, 4.69) is 29.4 Å². The van der Waals surface area contributed by atoms with Crippen LogP contribution in [0.5, 0.6) is 11.5 Å². The molecule has 0 bridgehead atoms. The number of benzene rings is 1. The fourth-order valence-corrected chi connectivity index (χ4v) is 3.27. The van der Waals surface area contributed by atoms with Gasteiger partial charge in [-0.3, -0.25) is 10.1 Å². The van der Waals surface area contributed by atoms with Gasteiger partial charge in [-0.2, -0.15) is 0 Å². The molecule has 3 rings (SSSR count). The van der Waals surface area contributed by atoms with Crippen molar-refractivity contribution in [2.24, 2.45) is 5.92 Å². The molecular formula is C16H19N3O3S. The van der Waals surface area contributed by atoms with Crippen molar-refractivity contribution in [3.05, 3.63) is 29.3 Å². The van der Waals surface area contributed by atoms with Crippen molar-refractivity contribution in [1.82, 2.24) is 10.2 Å². The number of aromatic nitrogens is 2. The maximum Gasteiger partial charge on any atom is 0.271 e. The van der Waals surface area contributed by atoms with E-state index in [-0.39, 0.29) is 12.0 Å². The van der Waals surface area contributed by atoms with E-state index in [0.29, 0.717) is 22.5 Å². The third-order valence-electron chi connectivity index (χ3n) is 3.38. The Bertz CT molecular complexity index is 701. The van der Waals surface area contributed by atoms with Gasteiger partial charge < -0.3 is 9.47 Å². The molecule has 2 unspecified atom stereocenters. The molecule has 2 aromatic rings. The second-order valence-corrected chi connectivity index (χ2v) is 6.96. The molecule has 0 saturated carbocycles. The number of anilines is 1. The number of carbonyl (C=O) groups is 1. The van der Waals surface area contributed by atoms with E-state index in [4.69, 9.17) is 9.47 Å². The molecule has 1 aliphatic heterocycles. The molecule has 122 valence electrons. The first-order valence-corrected chi connectivity index (χ1v) is 8.40. The molecule has 1 aromatic heterocycles. The monoisotopic (exact) mass is 333 g/mol. The van der Waals surface area contributed by atoms with Gasteiger partial charge in [0.1, 0.15) is 11.1 Å². The minimum absolute atomic E-state index is 0.278. The van der Waals surface area contributed by atoms with E-state index in [1.807, 2.05) is 25.1 Å². The summed E-state index contributed by atoms with van der Waals surface area (Å²) in [5.41, 5.74) is 0. The number of nitrogens with zero attached hydrogens (tertiary/aromatic N) is 2. The highest BCUT2D eigenvalue weighted by Gasteiger charge is 2.34. The van der Waals surface area contributed by atoms with Gasteiger partial charge in [0.25, 0.3) is 5.91 Å². The summed E-state index contributed by atoms with van der Waals surface area (Å²) >= 11 is 1.39. The van der Waals surface area contributed by atoms with Gasteiger partial charge in [-0.25, -0.2) is 0 Å². The second-order valence-electron chi connectivity index (χ2n) is 5.90. The van der Waals surface area contributed by atoms with E-state index in [9.17, 15) is 4.79 Å². The Balaban J connectivity index is 1.67. The van der Waals surface area contributed by atoms with Gasteiger partial charge >= 0.3 is 0 Å². The van der Waals surface area contributed by atoms with E-state index < -0.39 is 6.10 Å². The predicted molar refractivity (Wildman–Crippen MR) is 88.0 cm³/mol. The normalized spacial score (nSPS) is 19.7. The smallest absolute Gasteiger partial charge is 0.271 e. The zero-order valence-electron chi connectivity index (χ0n) is 13.3. The molecule has 0 radical (unpaired) electrons. The van der Waals surface area contributed by atoms with Crippen molar-refractivity contribution < 1.29 is 14.3 Å². The Morgan fingerprint density at radius 3 is 2.65 bits per heavy atom.